The number of H-pyrrole nitrogens is 1. The van der Waals surface area contributed by atoms with Crippen molar-refractivity contribution in [1.82, 2.24) is 14.8 Å². The molecule has 1 aromatic carbocycles. The van der Waals surface area contributed by atoms with Crippen molar-refractivity contribution < 1.29 is 4.74 Å². The van der Waals surface area contributed by atoms with Gasteiger partial charge in [-0.15, -0.1) is 0 Å². The van der Waals surface area contributed by atoms with Gasteiger partial charge in [0.1, 0.15) is 11.6 Å². The second-order valence-corrected chi connectivity index (χ2v) is 4.67. The lowest BCUT2D eigenvalue weighted by Crippen LogP contribution is -1.91. The van der Waals surface area contributed by atoms with Gasteiger partial charge in [0.25, 0.3) is 0 Å². The Balaban J connectivity index is 2.38. The molecule has 3 aromatic rings. The summed E-state index contributed by atoms with van der Waals surface area (Å²) in [6.07, 6.45) is 2.06. The molecule has 0 aliphatic rings. The van der Waals surface area contributed by atoms with Gasteiger partial charge < -0.3 is 15.0 Å². The Bertz CT molecular complexity index is 754. The SMILES string of the molecule is COc1ccc(C)c2c(-c3cc(N)n[nH]3)cn(C)c12. The van der Waals surface area contributed by atoms with Crippen molar-refractivity contribution in [1.29, 1.82) is 0 Å². The first-order valence-corrected chi connectivity index (χ1v) is 6.05. The van der Waals surface area contributed by atoms with Crippen LogP contribution in [0.1, 0.15) is 5.56 Å². The zero-order chi connectivity index (χ0) is 13.6. The van der Waals surface area contributed by atoms with Crippen LogP contribution >= 0.6 is 0 Å². The smallest absolute Gasteiger partial charge is 0.145 e. The number of hydrogen-bond acceptors (Lipinski definition) is 3. The molecule has 19 heavy (non-hydrogen) atoms. The van der Waals surface area contributed by atoms with Gasteiger partial charge in [0, 0.05) is 30.3 Å². The molecule has 3 N–H and O–H groups in total. The van der Waals surface area contributed by atoms with Crippen molar-refractivity contribution in [2.24, 2.45) is 7.05 Å². The second-order valence-electron chi connectivity index (χ2n) is 4.67. The molecular formula is C14H16N4O. The van der Waals surface area contributed by atoms with Crippen LogP contribution in [-0.2, 0) is 7.05 Å². The van der Waals surface area contributed by atoms with Crippen molar-refractivity contribution >= 4 is 16.7 Å². The molecule has 5 heteroatoms. The highest BCUT2D eigenvalue weighted by atomic mass is 16.5. The fourth-order valence-corrected chi connectivity index (χ4v) is 2.53. The summed E-state index contributed by atoms with van der Waals surface area (Å²) in [6, 6.07) is 5.89. The Morgan fingerprint density at radius 3 is 2.79 bits per heavy atom. The predicted octanol–water partition coefficient (Wildman–Crippen LogP) is 2.47. The van der Waals surface area contributed by atoms with Crippen LogP contribution < -0.4 is 10.5 Å². The molecule has 5 nitrogen and oxygen atoms in total. The predicted molar refractivity (Wildman–Crippen MR) is 76.2 cm³/mol. The molecule has 3 rings (SSSR count). The van der Waals surface area contributed by atoms with Gasteiger partial charge in [0.2, 0.25) is 0 Å². The maximum absolute atomic E-state index is 5.69. The maximum atomic E-state index is 5.69. The summed E-state index contributed by atoms with van der Waals surface area (Å²) in [6.45, 7) is 2.09. The van der Waals surface area contributed by atoms with Crippen LogP contribution in [0.4, 0.5) is 5.82 Å². The minimum Gasteiger partial charge on any atom is -0.495 e. The molecule has 0 unspecified atom stereocenters. The first kappa shape index (κ1) is 11.6. The van der Waals surface area contributed by atoms with Crippen molar-refractivity contribution in [3.05, 3.63) is 30.0 Å². The highest BCUT2D eigenvalue weighted by molar-refractivity contribution is 6.00. The molecule has 2 heterocycles. The third-order valence-electron chi connectivity index (χ3n) is 3.40. The number of nitrogen functional groups attached to an aromatic ring is 1. The largest absolute Gasteiger partial charge is 0.495 e. The lowest BCUT2D eigenvalue weighted by Gasteiger charge is -2.06. The van der Waals surface area contributed by atoms with Crippen molar-refractivity contribution in [3.8, 4) is 17.0 Å². The number of ether oxygens (including phenoxy) is 1. The number of aryl methyl sites for hydroxylation is 2. The Labute approximate surface area is 111 Å². The Kier molecular flexibility index (Phi) is 2.48. The molecule has 0 atom stereocenters. The number of methoxy groups -OCH3 is 1. The van der Waals surface area contributed by atoms with E-state index in [0.29, 0.717) is 5.82 Å². The van der Waals surface area contributed by atoms with Crippen molar-refractivity contribution in [2.75, 3.05) is 12.8 Å². The number of aromatic amines is 1. The van der Waals surface area contributed by atoms with Crippen LogP contribution in [0.25, 0.3) is 22.2 Å². The van der Waals surface area contributed by atoms with E-state index in [0.717, 1.165) is 27.9 Å². The molecule has 0 amide bonds. The maximum Gasteiger partial charge on any atom is 0.145 e. The van der Waals surface area contributed by atoms with Gasteiger partial charge in [-0.25, -0.2) is 0 Å². The van der Waals surface area contributed by atoms with Crippen molar-refractivity contribution in [3.63, 3.8) is 0 Å². The molecule has 0 radical (unpaired) electrons. The van der Waals surface area contributed by atoms with E-state index in [4.69, 9.17) is 10.5 Å². The minimum atomic E-state index is 0.493. The highest BCUT2D eigenvalue weighted by Gasteiger charge is 2.15. The zero-order valence-corrected chi connectivity index (χ0v) is 11.2. The molecule has 0 spiro atoms. The topological polar surface area (TPSA) is 68.9 Å². The lowest BCUT2D eigenvalue weighted by molar-refractivity contribution is 0.418. The summed E-state index contributed by atoms with van der Waals surface area (Å²) in [5, 5.41) is 8.11. The molecule has 0 fully saturated rings. The number of anilines is 1. The van der Waals surface area contributed by atoms with E-state index < -0.39 is 0 Å². The Morgan fingerprint density at radius 2 is 2.16 bits per heavy atom. The average Bonchev–Trinajstić information content (AvgIpc) is 2.95. The molecule has 98 valence electrons. The summed E-state index contributed by atoms with van der Waals surface area (Å²) >= 11 is 0. The number of rotatable bonds is 2. The van der Waals surface area contributed by atoms with E-state index in [1.54, 1.807) is 7.11 Å². The standard InChI is InChI=1S/C14H16N4O/c1-8-4-5-11(19-3)14-13(8)9(7-18(14)2)10-6-12(15)17-16-10/h4-7H,1-3H3,(H3,15,16,17). The van der Waals surface area contributed by atoms with E-state index in [1.807, 2.05) is 19.2 Å². The summed E-state index contributed by atoms with van der Waals surface area (Å²) in [4.78, 5) is 0. The van der Waals surface area contributed by atoms with Gasteiger partial charge >= 0.3 is 0 Å². The summed E-state index contributed by atoms with van der Waals surface area (Å²) in [5.41, 5.74) is 9.95. The van der Waals surface area contributed by atoms with Gasteiger partial charge in [0.15, 0.2) is 0 Å². The number of nitrogens with one attached hydrogen (secondary N) is 1. The first-order chi connectivity index (χ1) is 9.11. The lowest BCUT2D eigenvalue weighted by atomic mass is 10.0. The van der Waals surface area contributed by atoms with E-state index in [-0.39, 0.29) is 0 Å². The normalized spacial score (nSPS) is 11.1. The van der Waals surface area contributed by atoms with Gasteiger partial charge in [0.05, 0.1) is 18.3 Å². The summed E-state index contributed by atoms with van der Waals surface area (Å²) in [7, 11) is 3.69. The quantitative estimate of drug-likeness (QED) is 0.740. The highest BCUT2D eigenvalue weighted by Crippen LogP contribution is 2.36. The monoisotopic (exact) mass is 256 g/mol. The number of aromatic nitrogens is 3. The van der Waals surface area contributed by atoms with Crippen LogP contribution in [0.15, 0.2) is 24.4 Å². The van der Waals surface area contributed by atoms with Crippen LogP contribution in [0.5, 0.6) is 5.75 Å². The fourth-order valence-electron chi connectivity index (χ4n) is 2.53. The molecule has 0 bridgehead atoms. The van der Waals surface area contributed by atoms with Crippen LogP contribution in [0.2, 0.25) is 0 Å². The fraction of sp³-hybridized carbons (Fsp3) is 0.214. The molecular weight excluding hydrogens is 240 g/mol. The van der Waals surface area contributed by atoms with Crippen LogP contribution in [0, 0.1) is 6.92 Å². The molecule has 0 aliphatic carbocycles. The molecule has 0 saturated heterocycles. The molecule has 0 saturated carbocycles. The summed E-state index contributed by atoms with van der Waals surface area (Å²) < 4.78 is 7.51. The molecule has 2 aromatic heterocycles. The van der Waals surface area contributed by atoms with E-state index in [1.165, 1.54) is 5.56 Å². The third-order valence-corrected chi connectivity index (χ3v) is 3.40. The van der Waals surface area contributed by atoms with Crippen molar-refractivity contribution in [2.45, 2.75) is 6.92 Å². The Morgan fingerprint density at radius 1 is 1.37 bits per heavy atom. The molecule has 0 aliphatic heterocycles. The van der Waals surface area contributed by atoms with E-state index in [2.05, 4.69) is 34.0 Å². The summed E-state index contributed by atoms with van der Waals surface area (Å²) in [5.74, 6) is 1.36. The zero-order valence-electron chi connectivity index (χ0n) is 11.2. The third kappa shape index (κ3) is 1.66. The van der Waals surface area contributed by atoms with E-state index >= 15 is 0 Å². The first-order valence-electron chi connectivity index (χ1n) is 6.05. The minimum absolute atomic E-state index is 0.493. The number of hydrogen-bond donors (Lipinski definition) is 2. The number of fused-ring (bicyclic) bond motifs is 1. The second kappa shape index (κ2) is 4.05. The van der Waals surface area contributed by atoms with Crippen LogP contribution in [0.3, 0.4) is 0 Å². The Hall–Kier alpha value is -2.43. The van der Waals surface area contributed by atoms with Gasteiger partial charge in [-0.3, -0.25) is 5.10 Å². The van der Waals surface area contributed by atoms with E-state index in [9.17, 15) is 0 Å². The van der Waals surface area contributed by atoms with Crippen LogP contribution in [-0.4, -0.2) is 21.9 Å². The number of nitrogens with zero attached hydrogens (tertiary/aromatic N) is 2. The van der Waals surface area contributed by atoms with Gasteiger partial charge in [-0.05, 0) is 18.6 Å². The number of nitrogens with two attached hydrogens (primary N) is 1. The number of benzene rings is 1. The van der Waals surface area contributed by atoms with Gasteiger partial charge in [-0.2, -0.15) is 5.10 Å². The van der Waals surface area contributed by atoms with Gasteiger partial charge in [-0.1, -0.05) is 6.07 Å². The average molecular weight is 256 g/mol.